The molecule has 248 valence electrons. The minimum Gasteiger partial charge on any atom is -0.309 e. The van der Waals surface area contributed by atoms with Crippen LogP contribution in [0.25, 0.3) is 44.2 Å². The van der Waals surface area contributed by atoms with Crippen LogP contribution in [-0.4, -0.2) is 0 Å². The summed E-state index contributed by atoms with van der Waals surface area (Å²) in [6, 6.07) is 59.1. The fourth-order valence-corrected chi connectivity index (χ4v) is 10.1. The molecule has 7 aromatic carbocycles. The monoisotopic (exact) mass is 657 g/mol. The minimum absolute atomic E-state index is 0.105. The van der Waals surface area contributed by atoms with Crippen molar-refractivity contribution in [3.05, 3.63) is 174 Å². The van der Waals surface area contributed by atoms with Crippen molar-refractivity contribution in [2.24, 2.45) is 11.8 Å². The molecule has 0 spiro atoms. The van der Waals surface area contributed by atoms with Crippen LogP contribution in [0.5, 0.6) is 0 Å². The topological polar surface area (TPSA) is 3.24 Å². The highest BCUT2D eigenvalue weighted by Gasteiger charge is 2.41. The second-order valence-electron chi connectivity index (χ2n) is 15.7. The second-order valence-corrected chi connectivity index (χ2v) is 15.7. The summed E-state index contributed by atoms with van der Waals surface area (Å²) in [5.41, 5.74) is 15.6. The quantitative estimate of drug-likeness (QED) is 0.172. The lowest BCUT2D eigenvalue weighted by atomic mass is 9.81. The molecule has 3 aliphatic rings. The molecule has 0 saturated heterocycles. The van der Waals surface area contributed by atoms with Crippen LogP contribution in [0.1, 0.15) is 62.1 Å². The molecule has 51 heavy (non-hydrogen) atoms. The van der Waals surface area contributed by atoms with Crippen molar-refractivity contribution in [1.29, 1.82) is 0 Å². The van der Waals surface area contributed by atoms with E-state index in [2.05, 4.69) is 176 Å². The minimum atomic E-state index is -0.105. The third-order valence-corrected chi connectivity index (χ3v) is 12.5. The smallest absolute Gasteiger partial charge is 0.0621 e. The van der Waals surface area contributed by atoms with Crippen molar-refractivity contribution in [1.82, 2.24) is 0 Å². The summed E-state index contributed by atoms with van der Waals surface area (Å²) in [7, 11) is 0. The Morgan fingerprint density at radius 2 is 1.22 bits per heavy atom. The Hall–Kier alpha value is -5.40. The molecule has 2 bridgehead atoms. The van der Waals surface area contributed by atoms with E-state index in [0.717, 1.165) is 11.8 Å². The number of hydrogen-bond acceptors (Lipinski definition) is 1. The molecule has 1 nitrogen and oxygen atoms in total. The summed E-state index contributed by atoms with van der Waals surface area (Å²) < 4.78 is 0. The van der Waals surface area contributed by atoms with Crippen molar-refractivity contribution in [3.63, 3.8) is 0 Å². The molecule has 7 aromatic rings. The van der Waals surface area contributed by atoms with Gasteiger partial charge in [-0.05, 0) is 117 Å². The Morgan fingerprint density at radius 3 is 1.96 bits per heavy atom. The van der Waals surface area contributed by atoms with Crippen LogP contribution < -0.4 is 4.90 Å². The van der Waals surface area contributed by atoms with Gasteiger partial charge in [0.25, 0.3) is 0 Å². The summed E-state index contributed by atoms with van der Waals surface area (Å²) >= 11 is 0. The van der Waals surface area contributed by atoms with E-state index < -0.39 is 0 Å². The van der Waals surface area contributed by atoms with Gasteiger partial charge in [-0.15, -0.1) is 0 Å². The van der Waals surface area contributed by atoms with Gasteiger partial charge in [0.1, 0.15) is 0 Å². The van der Waals surface area contributed by atoms with E-state index in [4.69, 9.17) is 0 Å². The van der Waals surface area contributed by atoms with Crippen molar-refractivity contribution in [2.75, 3.05) is 4.90 Å². The molecule has 3 atom stereocenters. The van der Waals surface area contributed by atoms with Gasteiger partial charge in [-0.3, -0.25) is 0 Å². The maximum absolute atomic E-state index is 2.59. The molecule has 0 N–H and O–H groups in total. The fourth-order valence-electron chi connectivity index (χ4n) is 10.1. The van der Waals surface area contributed by atoms with Gasteiger partial charge >= 0.3 is 0 Å². The zero-order valence-electron chi connectivity index (χ0n) is 29.5. The Morgan fingerprint density at radius 1 is 0.529 bits per heavy atom. The van der Waals surface area contributed by atoms with E-state index in [1.165, 1.54) is 104 Å². The number of anilines is 3. The Kier molecular flexibility index (Phi) is 7.07. The van der Waals surface area contributed by atoms with Crippen LogP contribution in [0.3, 0.4) is 0 Å². The maximum atomic E-state index is 2.59. The highest BCUT2D eigenvalue weighted by molar-refractivity contribution is 6.09. The first kappa shape index (κ1) is 30.4. The zero-order valence-corrected chi connectivity index (χ0v) is 29.5. The molecule has 3 aliphatic carbocycles. The summed E-state index contributed by atoms with van der Waals surface area (Å²) in [6.45, 7) is 4.80. The lowest BCUT2D eigenvalue weighted by molar-refractivity contribution is 0.420. The van der Waals surface area contributed by atoms with Crippen molar-refractivity contribution >= 4 is 27.8 Å². The highest BCUT2D eigenvalue weighted by atomic mass is 15.1. The van der Waals surface area contributed by atoms with Crippen LogP contribution in [0.15, 0.2) is 158 Å². The molecule has 0 amide bonds. The van der Waals surface area contributed by atoms with Gasteiger partial charge in [-0.1, -0.05) is 148 Å². The predicted octanol–water partition coefficient (Wildman–Crippen LogP) is 13.9. The molecule has 1 heteroatoms. The molecule has 2 fully saturated rings. The van der Waals surface area contributed by atoms with Crippen molar-refractivity contribution < 1.29 is 0 Å². The number of benzene rings is 7. The van der Waals surface area contributed by atoms with Gasteiger partial charge in [0, 0.05) is 27.7 Å². The predicted molar refractivity (Wildman–Crippen MR) is 215 cm³/mol. The van der Waals surface area contributed by atoms with E-state index >= 15 is 0 Å². The number of fused-ring (bicyclic) bond motifs is 6. The highest BCUT2D eigenvalue weighted by Crippen LogP contribution is 2.57. The van der Waals surface area contributed by atoms with Gasteiger partial charge in [-0.25, -0.2) is 0 Å². The van der Waals surface area contributed by atoms with E-state index in [-0.39, 0.29) is 5.41 Å². The SMILES string of the molecule is CC1(C)c2ccccc2-c2c1cc1ccccc1c2N(c1ccc(-c2ccccc2-c2ccccc2)cc1)c1cccc(C2CC3CCC2C3)c1. The van der Waals surface area contributed by atoms with Crippen molar-refractivity contribution in [3.8, 4) is 33.4 Å². The third kappa shape index (κ3) is 4.89. The molecular weight excluding hydrogens is 615 g/mol. The van der Waals surface area contributed by atoms with Crippen LogP contribution in [0, 0.1) is 11.8 Å². The third-order valence-electron chi connectivity index (χ3n) is 12.5. The Labute approximate surface area is 302 Å². The summed E-state index contributed by atoms with van der Waals surface area (Å²) in [5, 5.41) is 2.57. The molecule has 0 aliphatic heterocycles. The standard InChI is InChI=1S/C50H43N/c1-50(2)46-22-11-10-21-44(46)48-47(50)32-37-15-6-7-20-43(37)49(48)51(40-17-12-16-36(31-40)45-30-33-23-24-38(45)29-33)39-27-25-35(26-28-39)42-19-9-8-18-41(42)34-13-4-3-5-14-34/h3-22,25-28,31-33,38,45H,23-24,29-30H2,1-2H3. The summed E-state index contributed by atoms with van der Waals surface area (Å²) in [5.74, 6) is 2.41. The van der Waals surface area contributed by atoms with E-state index in [1.54, 1.807) is 0 Å². The van der Waals surface area contributed by atoms with Crippen LogP contribution in [-0.2, 0) is 5.41 Å². The molecule has 2 saturated carbocycles. The van der Waals surface area contributed by atoms with Crippen molar-refractivity contribution in [2.45, 2.75) is 50.9 Å². The maximum Gasteiger partial charge on any atom is 0.0621 e. The number of hydrogen-bond donors (Lipinski definition) is 0. The average Bonchev–Trinajstić information content (AvgIpc) is 3.89. The van der Waals surface area contributed by atoms with Gasteiger partial charge in [-0.2, -0.15) is 0 Å². The molecule has 0 aromatic heterocycles. The van der Waals surface area contributed by atoms with E-state index in [9.17, 15) is 0 Å². The number of rotatable bonds is 6. The normalized spacial score (nSPS) is 19.6. The lowest BCUT2D eigenvalue weighted by Gasteiger charge is -2.32. The zero-order chi connectivity index (χ0) is 34.1. The molecular formula is C50H43N. The average molecular weight is 658 g/mol. The first-order valence-electron chi connectivity index (χ1n) is 18.9. The van der Waals surface area contributed by atoms with E-state index in [0.29, 0.717) is 5.92 Å². The Bertz CT molecular complexity index is 2420. The molecule has 10 rings (SSSR count). The molecule has 0 radical (unpaired) electrons. The van der Waals surface area contributed by atoms with Gasteiger partial charge in [0.2, 0.25) is 0 Å². The second kappa shape index (κ2) is 11.8. The molecule has 0 heterocycles. The number of nitrogens with zero attached hydrogens (tertiary/aromatic N) is 1. The first-order chi connectivity index (χ1) is 25.0. The van der Waals surface area contributed by atoms with Crippen LogP contribution in [0.4, 0.5) is 17.1 Å². The molecule has 3 unspecified atom stereocenters. The first-order valence-corrected chi connectivity index (χ1v) is 18.9. The lowest BCUT2D eigenvalue weighted by Crippen LogP contribution is -2.17. The fraction of sp³-hybridized carbons (Fsp3) is 0.200. The van der Waals surface area contributed by atoms with Crippen LogP contribution >= 0.6 is 0 Å². The Balaban J connectivity index is 1.20. The van der Waals surface area contributed by atoms with Gasteiger partial charge in [0.15, 0.2) is 0 Å². The van der Waals surface area contributed by atoms with Gasteiger partial charge in [0.05, 0.1) is 5.69 Å². The summed E-state index contributed by atoms with van der Waals surface area (Å²) in [4.78, 5) is 2.59. The largest absolute Gasteiger partial charge is 0.309 e. The van der Waals surface area contributed by atoms with Crippen LogP contribution in [0.2, 0.25) is 0 Å². The summed E-state index contributed by atoms with van der Waals surface area (Å²) in [6.07, 6.45) is 5.56. The van der Waals surface area contributed by atoms with Gasteiger partial charge < -0.3 is 4.90 Å². The van der Waals surface area contributed by atoms with E-state index in [1.807, 2.05) is 0 Å².